The van der Waals surface area contributed by atoms with Gasteiger partial charge in [0, 0.05) is 19.3 Å². The van der Waals surface area contributed by atoms with Crippen molar-refractivity contribution in [3.63, 3.8) is 0 Å². The number of carbonyl (C=O) groups excluding carboxylic acids is 3. The van der Waals surface area contributed by atoms with E-state index in [1.165, 1.54) is 263 Å². The summed E-state index contributed by atoms with van der Waals surface area (Å²) in [4.78, 5) is 38.4. The lowest BCUT2D eigenvalue weighted by atomic mass is 10.0. The second-order valence-electron chi connectivity index (χ2n) is 23.4. The van der Waals surface area contributed by atoms with Gasteiger partial charge in [-0.2, -0.15) is 0 Å². The number of allylic oxidation sites excluding steroid dienone is 8. The van der Waals surface area contributed by atoms with E-state index in [0.29, 0.717) is 19.3 Å². The van der Waals surface area contributed by atoms with Gasteiger partial charge in [0.25, 0.3) is 0 Å². The van der Waals surface area contributed by atoms with E-state index in [1.807, 2.05) is 0 Å². The standard InChI is InChI=1S/C72H132O6/c1-4-7-10-13-16-19-22-25-28-31-33-34-35-36-37-38-40-41-44-47-50-53-56-59-62-65-71(74)77-68-69(67-76-70(73)64-61-58-55-52-49-46-43-30-27-24-21-18-15-12-9-6-3)78-72(75)66-63-60-57-54-51-48-45-42-39-32-29-26-23-20-17-14-11-8-5-2/h22,25-26,29-31,33,43,69H,4-21,23-24,27-28,32,34-42,44-68H2,1-3H3/b25-22-,29-26-,33-31-,43-30-. The Balaban J connectivity index is 4.30. The van der Waals surface area contributed by atoms with Gasteiger partial charge in [0.2, 0.25) is 0 Å². The van der Waals surface area contributed by atoms with Crippen molar-refractivity contribution in [2.24, 2.45) is 0 Å². The first-order valence-corrected chi connectivity index (χ1v) is 34.6. The summed E-state index contributed by atoms with van der Waals surface area (Å²) in [5, 5.41) is 0. The van der Waals surface area contributed by atoms with Crippen LogP contribution in [0.25, 0.3) is 0 Å². The van der Waals surface area contributed by atoms with Gasteiger partial charge in [-0.3, -0.25) is 14.4 Å². The molecule has 456 valence electrons. The fraction of sp³-hybridized carbons (Fsp3) is 0.847. The summed E-state index contributed by atoms with van der Waals surface area (Å²) in [5.41, 5.74) is 0. The van der Waals surface area contributed by atoms with Crippen molar-refractivity contribution < 1.29 is 28.6 Å². The molecule has 0 saturated heterocycles. The molecule has 6 heteroatoms. The van der Waals surface area contributed by atoms with Crippen LogP contribution >= 0.6 is 0 Å². The monoisotopic (exact) mass is 1090 g/mol. The first kappa shape index (κ1) is 75.4. The molecule has 0 aliphatic rings. The molecule has 0 spiro atoms. The van der Waals surface area contributed by atoms with Gasteiger partial charge < -0.3 is 14.2 Å². The molecule has 0 rings (SSSR count). The molecule has 0 N–H and O–H groups in total. The van der Waals surface area contributed by atoms with Gasteiger partial charge in [-0.15, -0.1) is 0 Å². The normalized spacial score (nSPS) is 12.3. The number of hydrogen-bond donors (Lipinski definition) is 0. The number of rotatable bonds is 64. The van der Waals surface area contributed by atoms with Gasteiger partial charge in [0.05, 0.1) is 0 Å². The molecular formula is C72H132O6. The molecular weight excluding hydrogens is 961 g/mol. The molecule has 78 heavy (non-hydrogen) atoms. The minimum Gasteiger partial charge on any atom is -0.462 e. The van der Waals surface area contributed by atoms with E-state index in [9.17, 15) is 14.4 Å². The van der Waals surface area contributed by atoms with E-state index in [1.54, 1.807) is 0 Å². The van der Waals surface area contributed by atoms with Crippen LogP contribution in [0.15, 0.2) is 48.6 Å². The number of esters is 3. The maximum absolute atomic E-state index is 12.9. The molecule has 1 atom stereocenters. The number of carbonyl (C=O) groups is 3. The highest BCUT2D eigenvalue weighted by Crippen LogP contribution is 2.17. The Morgan fingerprint density at radius 2 is 0.462 bits per heavy atom. The van der Waals surface area contributed by atoms with Gasteiger partial charge in [-0.05, 0) is 103 Å². The summed E-state index contributed by atoms with van der Waals surface area (Å²) in [5.74, 6) is -0.861. The van der Waals surface area contributed by atoms with Crippen molar-refractivity contribution in [2.45, 2.75) is 380 Å². The second kappa shape index (κ2) is 66.9. The Bertz CT molecular complexity index is 1350. The Morgan fingerprint density at radius 1 is 0.256 bits per heavy atom. The second-order valence-corrected chi connectivity index (χ2v) is 23.4. The number of hydrogen-bond acceptors (Lipinski definition) is 6. The summed E-state index contributed by atoms with van der Waals surface area (Å²) >= 11 is 0. The Kier molecular flexibility index (Phi) is 64.6. The van der Waals surface area contributed by atoms with Crippen LogP contribution < -0.4 is 0 Å². The smallest absolute Gasteiger partial charge is 0.306 e. The summed E-state index contributed by atoms with van der Waals surface area (Å²) in [7, 11) is 0. The molecule has 0 radical (unpaired) electrons. The predicted molar refractivity (Wildman–Crippen MR) is 339 cm³/mol. The quantitative estimate of drug-likeness (QED) is 0.0261. The highest BCUT2D eigenvalue weighted by Gasteiger charge is 2.19. The molecule has 0 saturated carbocycles. The first-order valence-electron chi connectivity index (χ1n) is 34.6. The average Bonchev–Trinajstić information content (AvgIpc) is 3.44. The lowest BCUT2D eigenvalue weighted by Crippen LogP contribution is -2.30. The lowest BCUT2D eigenvalue weighted by molar-refractivity contribution is -0.167. The molecule has 0 aromatic heterocycles. The molecule has 0 amide bonds. The highest BCUT2D eigenvalue weighted by atomic mass is 16.6. The molecule has 0 bridgehead atoms. The average molecular weight is 1090 g/mol. The third-order valence-electron chi connectivity index (χ3n) is 15.5. The van der Waals surface area contributed by atoms with Crippen molar-refractivity contribution >= 4 is 17.9 Å². The van der Waals surface area contributed by atoms with Crippen LogP contribution in [0.1, 0.15) is 374 Å². The van der Waals surface area contributed by atoms with Gasteiger partial charge in [0.15, 0.2) is 6.10 Å². The number of unbranched alkanes of at least 4 members (excludes halogenated alkanes) is 45. The zero-order chi connectivity index (χ0) is 56.4. The van der Waals surface area contributed by atoms with Crippen LogP contribution in [-0.2, 0) is 28.6 Å². The van der Waals surface area contributed by atoms with Gasteiger partial charge >= 0.3 is 17.9 Å². The highest BCUT2D eigenvalue weighted by molar-refractivity contribution is 5.71. The van der Waals surface area contributed by atoms with E-state index in [-0.39, 0.29) is 31.1 Å². The summed E-state index contributed by atoms with van der Waals surface area (Å²) in [6.45, 7) is 6.68. The van der Waals surface area contributed by atoms with Crippen molar-refractivity contribution in [3.8, 4) is 0 Å². The molecule has 0 heterocycles. The van der Waals surface area contributed by atoms with E-state index in [4.69, 9.17) is 14.2 Å². The van der Waals surface area contributed by atoms with Crippen molar-refractivity contribution in [3.05, 3.63) is 48.6 Å². The van der Waals surface area contributed by atoms with E-state index in [0.717, 1.165) is 70.6 Å². The van der Waals surface area contributed by atoms with Crippen LogP contribution in [0, 0.1) is 0 Å². The number of ether oxygens (including phenoxy) is 3. The molecule has 0 aromatic carbocycles. The Hall–Kier alpha value is -2.63. The van der Waals surface area contributed by atoms with Crippen LogP contribution in [0.5, 0.6) is 0 Å². The molecule has 0 aromatic rings. The van der Waals surface area contributed by atoms with Gasteiger partial charge in [0.1, 0.15) is 13.2 Å². The summed E-state index contributed by atoms with van der Waals surface area (Å²) in [6, 6.07) is 0. The topological polar surface area (TPSA) is 78.9 Å². The minimum absolute atomic E-state index is 0.0738. The minimum atomic E-state index is -0.778. The fourth-order valence-electron chi connectivity index (χ4n) is 10.3. The van der Waals surface area contributed by atoms with Gasteiger partial charge in [-0.25, -0.2) is 0 Å². The fourth-order valence-corrected chi connectivity index (χ4v) is 10.3. The van der Waals surface area contributed by atoms with Crippen molar-refractivity contribution in [1.82, 2.24) is 0 Å². The lowest BCUT2D eigenvalue weighted by Gasteiger charge is -2.18. The molecule has 0 aliphatic carbocycles. The maximum Gasteiger partial charge on any atom is 0.306 e. The molecule has 0 fully saturated rings. The zero-order valence-electron chi connectivity index (χ0n) is 52.5. The van der Waals surface area contributed by atoms with Crippen LogP contribution in [-0.4, -0.2) is 37.2 Å². The van der Waals surface area contributed by atoms with E-state index < -0.39 is 6.10 Å². The van der Waals surface area contributed by atoms with Crippen molar-refractivity contribution in [1.29, 1.82) is 0 Å². The van der Waals surface area contributed by atoms with Crippen LogP contribution in [0.3, 0.4) is 0 Å². The van der Waals surface area contributed by atoms with Crippen molar-refractivity contribution in [2.75, 3.05) is 13.2 Å². The zero-order valence-corrected chi connectivity index (χ0v) is 52.5. The molecule has 0 aliphatic heterocycles. The van der Waals surface area contributed by atoms with Gasteiger partial charge in [-0.1, -0.05) is 301 Å². The molecule has 6 nitrogen and oxygen atoms in total. The predicted octanol–water partition coefficient (Wildman–Crippen LogP) is 23.7. The summed E-state index contributed by atoms with van der Waals surface area (Å²) in [6.07, 6.45) is 84.1. The third kappa shape index (κ3) is 64.2. The first-order chi connectivity index (χ1) is 38.5. The molecule has 1 unspecified atom stereocenters. The largest absolute Gasteiger partial charge is 0.462 e. The maximum atomic E-state index is 12.9. The Morgan fingerprint density at radius 3 is 0.718 bits per heavy atom. The SMILES string of the molecule is CCCCCCC/C=C\C/C=C\CCCCCCCCCCCCCCCC(=O)OCC(COC(=O)CCCCCCC/C=C\CCCCCCCCC)OC(=O)CCCCCCCCCCC/C=C\CCCCCCCC. The third-order valence-corrected chi connectivity index (χ3v) is 15.5. The van der Waals surface area contributed by atoms with E-state index in [2.05, 4.69) is 69.4 Å². The van der Waals surface area contributed by atoms with E-state index >= 15 is 0 Å². The van der Waals surface area contributed by atoms with Crippen LogP contribution in [0.2, 0.25) is 0 Å². The van der Waals surface area contributed by atoms with Crippen LogP contribution in [0.4, 0.5) is 0 Å². The summed E-state index contributed by atoms with van der Waals surface area (Å²) < 4.78 is 17.0. The Labute approximate surface area is 486 Å².